The monoisotopic (exact) mass is 674 g/mol. The van der Waals surface area contributed by atoms with Crippen LogP contribution in [0, 0.1) is 17.8 Å². The number of anilines is 2. The van der Waals surface area contributed by atoms with Crippen molar-refractivity contribution in [3.63, 3.8) is 0 Å². The Balaban J connectivity index is 1.28. The summed E-state index contributed by atoms with van der Waals surface area (Å²) in [6.07, 6.45) is 8.35. The number of benzene rings is 4. The van der Waals surface area contributed by atoms with Crippen LogP contribution in [0.2, 0.25) is 0 Å². The van der Waals surface area contributed by atoms with Gasteiger partial charge in [0.1, 0.15) is 0 Å². The molecule has 4 aromatic carbocycles. The van der Waals surface area contributed by atoms with Crippen molar-refractivity contribution in [1.82, 2.24) is 19.5 Å². The molecule has 8 rings (SSSR count). The topological polar surface area (TPSA) is 50.1 Å². The molecule has 0 bridgehead atoms. The Morgan fingerprint density at radius 1 is 0.647 bits per heavy atom. The molecule has 0 N–H and O–H groups in total. The van der Waals surface area contributed by atoms with Gasteiger partial charge in [0.15, 0.2) is 11.6 Å². The van der Waals surface area contributed by atoms with Crippen LogP contribution >= 0.6 is 0 Å². The minimum absolute atomic E-state index is 0.472. The molecule has 260 valence electrons. The fraction of sp³-hybridized carbons (Fsp3) is 0.356. The lowest BCUT2D eigenvalue weighted by molar-refractivity contribution is 0.388. The van der Waals surface area contributed by atoms with Gasteiger partial charge in [-0.1, -0.05) is 100 Å². The predicted molar refractivity (Wildman–Crippen MR) is 214 cm³/mol. The lowest BCUT2D eigenvalue weighted by Gasteiger charge is -2.31. The molecule has 51 heavy (non-hydrogen) atoms. The van der Waals surface area contributed by atoms with E-state index in [-0.39, 0.29) is 0 Å². The van der Waals surface area contributed by atoms with Crippen molar-refractivity contribution in [3.05, 3.63) is 109 Å². The molecule has 0 aliphatic carbocycles. The summed E-state index contributed by atoms with van der Waals surface area (Å²) in [6, 6.07) is 35.2. The normalized spacial score (nSPS) is 21.2. The molecule has 0 radical (unpaired) electrons. The third-order valence-electron chi connectivity index (χ3n) is 11.2. The van der Waals surface area contributed by atoms with Crippen LogP contribution in [0.25, 0.3) is 50.5 Å². The average molecular weight is 675 g/mol. The van der Waals surface area contributed by atoms with Gasteiger partial charge in [-0.15, -0.1) is 0 Å². The number of hydrogen-bond acceptors (Lipinski definition) is 5. The molecule has 0 saturated carbocycles. The van der Waals surface area contributed by atoms with Gasteiger partial charge in [0.25, 0.3) is 0 Å². The molecule has 6 nitrogen and oxygen atoms in total. The van der Waals surface area contributed by atoms with Crippen LogP contribution in [0.1, 0.15) is 66.7 Å². The third kappa shape index (κ3) is 6.53. The largest absolute Gasteiger partial charge is 0.369 e. The summed E-state index contributed by atoms with van der Waals surface area (Å²) in [5, 5.41) is 2.38. The molecule has 0 amide bonds. The molecule has 6 aromatic rings. The second kappa shape index (κ2) is 14.0. The summed E-state index contributed by atoms with van der Waals surface area (Å²) in [5.74, 6) is 4.02. The van der Waals surface area contributed by atoms with E-state index in [0.29, 0.717) is 35.5 Å². The van der Waals surface area contributed by atoms with Crippen LogP contribution in [-0.2, 0) is 0 Å². The van der Waals surface area contributed by atoms with Crippen molar-refractivity contribution in [2.45, 2.75) is 72.8 Å². The number of nitrogens with zero attached hydrogens (tertiary/aromatic N) is 6. The summed E-state index contributed by atoms with van der Waals surface area (Å²) in [4.78, 5) is 20.8. The maximum absolute atomic E-state index is 5.28. The van der Waals surface area contributed by atoms with Crippen molar-refractivity contribution >= 4 is 33.2 Å². The third-order valence-corrected chi connectivity index (χ3v) is 11.2. The maximum atomic E-state index is 5.28. The Kier molecular flexibility index (Phi) is 9.10. The Labute approximate surface area is 302 Å². The zero-order valence-corrected chi connectivity index (χ0v) is 30.8. The van der Waals surface area contributed by atoms with E-state index in [4.69, 9.17) is 15.0 Å². The maximum Gasteiger partial charge on any atom is 0.238 e. The summed E-state index contributed by atoms with van der Waals surface area (Å²) in [5.41, 5.74) is 8.06. The van der Waals surface area contributed by atoms with Crippen LogP contribution in [0.4, 0.5) is 11.4 Å². The molecule has 1 saturated heterocycles. The van der Waals surface area contributed by atoms with Gasteiger partial charge in [0.2, 0.25) is 5.95 Å². The van der Waals surface area contributed by atoms with E-state index in [0.717, 1.165) is 47.6 Å². The first-order chi connectivity index (χ1) is 24.9. The van der Waals surface area contributed by atoms with Crippen molar-refractivity contribution in [2.24, 2.45) is 17.8 Å². The van der Waals surface area contributed by atoms with E-state index < -0.39 is 0 Å². The first-order valence-electron chi connectivity index (χ1n) is 19.1. The quantitative estimate of drug-likeness (QED) is 0.169. The number of aromatic nitrogens is 4. The van der Waals surface area contributed by atoms with Crippen molar-refractivity contribution in [3.8, 4) is 28.7 Å². The molecule has 6 heteroatoms. The van der Waals surface area contributed by atoms with Crippen LogP contribution in [0.15, 0.2) is 109 Å². The predicted octanol–water partition coefficient (Wildman–Crippen LogP) is 11.1. The molecule has 0 spiro atoms. The molecule has 1 fully saturated rings. The molecule has 4 unspecified atom stereocenters. The Hall–Kier alpha value is -4.97. The highest BCUT2D eigenvalue weighted by atomic mass is 15.2. The standard InChI is InChI=1S/C45H50N6/c1-6-33-22-31(4)28-50(32(5)24-33)38-17-13-15-36(26-38)44-46-43(35-14-12-16-37(25-35)49-27-30(3)23-34(7-2)29-49)47-45(48-44)51-41-20-10-8-18-39(41)40-19-9-11-21-42(40)51/h8-21,25-26,29-33H,6-7,22-24,27-28H2,1-5H3. The summed E-state index contributed by atoms with van der Waals surface area (Å²) < 4.78 is 2.21. The minimum Gasteiger partial charge on any atom is -0.369 e. The lowest BCUT2D eigenvalue weighted by Crippen LogP contribution is -2.34. The van der Waals surface area contributed by atoms with Gasteiger partial charge in [0, 0.05) is 58.6 Å². The van der Waals surface area contributed by atoms with Crippen LogP contribution < -0.4 is 9.80 Å². The van der Waals surface area contributed by atoms with E-state index >= 15 is 0 Å². The van der Waals surface area contributed by atoms with Gasteiger partial charge in [0.05, 0.1) is 11.0 Å². The van der Waals surface area contributed by atoms with Gasteiger partial charge in [-0.2, -0.15) is 9.97 Å². The number of allylic oxidation sites excluding steroid dienone is 1. The average Bonchev–Trinajstić information content (AvgIpc) is 3.42. The first-order valence-corrected chi connectivity index (χ1v) is 19.1. The molecule has 2 aromatic heterocycles. The zero-order valence-electron chi connectivity index (χ0n) is 30.8. The molecule has 2 aliphatic heterocycles. The van der Waals surface area contributed by atoms with Gasteiger partial charge in [-0.3, -0.25) is 4.57 Å². The SMILES string of the molecule is CCC1=CN(c2cccc(-c3nc(-c4cccc(N5CC(C)CC(CC)CC5C)c4)nc(-n4c5ccccc5c5ccccc54)n3)c2)CC(C)C1. The van der Waals surface area contributed by atoms with Gasteiger partial charge >= 0.3 is 0 Å². The molecule has 2 aliphatic rings. The Bertz CT molecular complexity index is 2160. The van der Waals surface area contributed by atoms with Gasteiger partial charge in [-0.05, 0) is 86.8 Å². The molecule has 4 atom stereocenters. The highest BCUT2D eigenvalue weighted by Gasteiger charge is 2.27. The second-order valence-electron chi connectivity index (χ2n) is 15.2. The fourth-order valence-electron chi connectivity index (χ4n) is 8.66. The number of hydrogen-bond donors (Lipinski definition) is 0. The summed E-state index contributed by atoms with van der Waals surface area (Å²) in [7, 11) is 0. The van der Waals surface area contributed by atoms with Crippen LogP contribution in [-0.4, -0.2) is 38.7 Å². The first kappa shape index (κ1) is 33.2. The fourth-order valence-corrected chi connectivity index (χ4v) is 8.66. The van der Waals surface area contributed by atoms with Crippen LogP contribution in [0.3, 0.4) is 0 Å². The second-order valence-corrected chi connectivity index (χ2v) is 15.2. The van der Waals surface area contributed by atoms with E-state index in [1.807, 2.05) is 0 Å². The van der Waals surface area contributed by atoms with Crippen molar-refractivity contribution in [2.75, 3.05) is 22.9 Å². The number of fused-ring (bicyclic) bond motifs is 3. The van der Waals surface area contributed by atoms with Crippen molar-refractivity contribution in [1.29, 1.82) is 0 Å². The number of rotatable bonds is 7. The molecular weight excluding hydrogens is 625 g/mol. The highest BCUT2D eigenvalue weighted by molar-refractivity contribution is 6.09. The lowest BCUT2D eigenvalue weighted by atomic mass is 9.91. The minimum atomic E-state index is 0.472. The molecule has 4 heterocycles. The van der Waals surface area contributed by atoms with E-state index in [1.54, 1.807) is 0 Å². The zero-order chi connectivity index (χ0) is 35.1. The smallest absolute Gasteiger partial charge is 0.238 e. The van der Waals surface area contributed by atoms with Crippen molar-refractivity contribution < 1.29 is 0 Å². The van der Waals surface area contributed by atoms with E-state index in [9.17, 15) is 0 Å². The van der Waals surface area contributed by atoms with E-state index in [1.165, 1.54) is 53.4 Å². The Morgan fingerprint density at radius 3 is 1.92 bits per heavy atom. The Morgan fingerprint density at radius 2 is 1.27 bits per heavy atom. The summed E-state index contributed by atoms with van der Waals surface area (Å²) in [6.45, 7) is 13.8. The molecular formula is C45H50N6. The van der Waals surface area contributed by atoms with Gasteiger partial charge < -0.3 is 9.80 Å². The highest BCUT2D eigenvalue weighted by Crippen LogP contribution is 2.36. The summed E-state index contributed by atoms with van der Waals surface area (Å²) >= 11 is 0. The van der Waals surface area contributed by atoms with Crippen LogP contribution in [0.5, 0.6) is 0 Å². The number of para-hydroxylation sites is 2. The van der Waals surface area contributed by atoms with E-state index in [2.05, 4.69) is 152 Å². The van der Waals surface area contributed by atoms with Gasteiger partial charge in [-0.25, -0.2) is 4.98 Å².